The van der Waals surface area contributed by atoms with Crippen LogP contribution >= 0.6 is 0 Å². The molecule has 1 aromatic heterocycles. The molecule has 4 heteroatoms. The van der Waals surface area contributed by atoms with Crippen LogP contribution in [-0.4, -0.2) is 12.0 Å². The Hall–Kier alpha value is -1.71. The van der Waals surface area contributed by atoms with E-state index in [-0.39, 0.29) is 0 Å². The summed E-state index contributed by atoms with van der Waals surface area (Å²) in [6.07, 6.45) is 5.14. The van der Waals surface area contributed by atoms with Crippen molar-refractivity contribution in [1.82, 2.24) is 4.98 Å². The molecule has 0 fully saturated rings. The van der Waals surface area contributed by atoms with Crippen LogP contribution in [0.3, 0.4) is 0 Å². The molecule has 1 aliphatic rings. The Kier molecular flexibility index (Phi) is 3.09. The highest BCUT2D eigenvalue weighted by molar-refractivity contribution is 5.94. The Labute approximate surface area is 110 Å². The Morgan fingerprint density at radius 3 is 2.68 bits per heavy atom. The molecule has 0 unspecified atom stereocenters. The fourth-order valence-corrected chi connectivity index (χ4v) is 2.93. The van der Waals surface area contributed by atoms with Crippen molar-refractivity contribution in [3.63, 3.8) is 0 Å². The molecule has 0 bridgehead atoms. The van der Waals surface area contributed by atoms with Crippen LogP contribution in [0, 0.1) is 11.6 Å². The first-order valence-electron chi connectivity index (χ1n) is 6.69. The molecule has 1 N–H and O–H groups in total. The van der Waals surface area contributed by atoms with Gasteiger partial charge in [-0.15, -0.1) is 0 Å². The van der Waals surface area contributed by atoms with Crippen LogP contribution < -0.4 is 5.32 Å². The zero-order chi connectivity index (χ0) is 13.4. The number of nitrogens with one attached hydrogen (secondary N) is 1. The third kappa shape index (κ3) is 2.05. The minimum Gasteiger partial charge on any atom is -0.387 e. The zero-order valence-corrected chi connectivity index (χ0v) is 10.9. The summed E-state index contributed by atoms with van der Waals surface area (Å²) in [7, 11) is 1.78. The first kappa shape index (κ1) is 12.3. The molecule has 0 amide bonds. The molecule has 0 saturated carbocycles. The van der Waals surface area contributed by atoms with Gasteiger partial charge < -0.3 is 5.32 Å². The number of hydrogen-bond acceptors (Lipinski definition) is 2. The Balaban J connectivity index is 2.36. The van der Waals surface area contributed by atoms with Crippen LogP contribution in [0.1, 0.15) is 30.5 Å². The van der Waals surface area contributed by atoms with Crippen molar-refractivity contribution in [2.24, 2.45) is 0 Å². The SMILES string of the molecule is CNc1c2c(nc3cc(F)cc(F)c13)CCCCC2. The Morgan fingerprint density at radius 1 is 1.11 bits per heavy atom. The summed E-state index contributed by atoms with van der Waals surface area (Å²) < 4.78 is 27.4. The normalized spacial score (nSPS) is 15.1. The highest BCUT2D eigenvalue weighted by Crippen LogP contribution is 2.34. The quantitative estimate of drug-likeness (QED) is 0.790. The fourth-order valence-electron chi connectivity index (χ4n) is 2.93. The number of aryl methyl sites for hydroxylation is 1. The van der Waals surface area contributed by atoms with Gasteiger partial charge in [0.25, 0.3) is 0 Å². The summed E-state index contributed by atoms with van der Waals surface area (Å²) in [5.74, 6) is -1.12. The predicted molar refractivity (Wildman–Crippen MR) is 72.5 cm³/mol. The van der Waals surface area contributed by atoms with E-state index in [1.807, 2.05) is 0 Å². The number of fused-ring (bicyclic) bond motifs is 2. The van der Waals surface area contributed by atoms with Crippen molar-refractivity contribution in [2.45, 2.75) is 32.1 Å². The summed E-state index contributed by atoms with van der Waals surface area (Å²) in [6.45, 7) is 0. The van der Waals surface area contributed by atoms with Gasteiger partial charge in [-0.2, -0.15) is 0 Å². The minimum absolute atomic E-state index is 0.405. The minimum atomic E-state index is -0.576. The van der Waals surface area contributed by atoms with Gasteiger partial charge in [-0.3, -0.25) is 4.98 Å². The Bertz CT molecular complexity index is 638. The Morgan fingerprint density at radius 2 is 1.89 bits per heavy atom. The van der Waals surface area contributed by atoms with Crippen molar-refractivity contribution in [3.05, 3.63) is 35.0 Å². The zero-order valence-electron chi connectivity index (χ0n) is 10.9. The third-order valence-electron chi connectivity index (χ3n) is 3.78. The maximum atomic E-state index is 14.0. The summed E-state index contributed by atoms with van der Waals surface area (Å²) >= 11 is 0. The van der Waals surface area contributed by atoms with Gasteiger partial charge in [0.15, 0.2) is 0 Å². The molecular formula is C15H16F2N2. The van der Waals surface area contributed by atoms with Gasteiger partial charge in [-0.1, -0.05) is 6.42 Å². The molecule has 0 atom stereocenters. The van der Waals surface area contributed by atoms with Crippen LogP contribution in [0.15, 0.2) is 12.1 Å². The predicted octanol–water partition coefficient (Wildman–Crippen LogP) is 3.82. The third-order valence-corrected chi connectivity index (χ3v) is 3.78. The fraction of sp³-hybridized carbons (Fsp3) is 0.400. The molecule has 0 spiro atoms. The van der Waals surface area contributed by atoms with Crippen molar-refractivity contribution in [3.8, 4) is 0 Å². The van der Waals surface area contributed by atoms with E-state index in [0.717, 1.165) is 55.1 Å². The monoisotopic (exact) mass is 262 g/mol. The second-order valence-electron chi connectivity index (χ2n) is 5.00. The van der Waals surface area contributed by atoms with E-state index in [9.17, 15) is 8.78 Å². The first-order valence-corrected chi connectivity index (χ1v) is 6.69. The van der Waals surface area contributed by atoms with Crippen molar-refractivity contribution < 1.29 is 8.78 Å². The number of hydrogen-bond donors (Lipinski definition) is 1. The molecule has 2 aromatic rings. The second-order valence-corrected chi connectivity index (χ2v) is 5.00. The summed E-state index contributed by atoms with van der Waals surface area (Å²) in [6, 6.07) is 2.23. The second kappa shape index (κ2) is 4.76. The van der Waals surface area contributed by atoms with Crippen LogP contribution in [0.4, 0.5) is 14.5 Å². The van der Waals surface area contributed by atoms with Gasteiger partial charge >= 0.3 is 0 Å². The summed E-state index contributed by atoms with van der Waals surface area (Å²) in [5.41, 5.74) is 3.26. The van der Waals surface area contributed by atoms with Crippen LogP contribution in [0.5, 0.6) is 0 Å². The lowest BCUT2D eigenvalue weighted by Crippen LogP contribution is -2.05. The lowest BCUT2D eigenvalue weighted by atomic mass is 10.0. The van der Waals surface area contributed by atoms with E-state index in [1.165, 1.54) is 6.07 Å². The topological polar surface area (TPSA) is 24.9 Å². The van der Waals surface area contributed by atoms with E-state index in [2.05, 4.69) is 10.3 Å². The molecule has 2 nitrogen and oxygen atoms in total. The molecule has 1 aromatic carbocycles. The first-order chi connectivity index (χ1) is 9.20. The molecule has 0 saturated heterocycles. The molecule has 0 radical (unpaired) electrons. The van der Waals surface area contributed by atoms with Crippen molar-refractivity contribution >= 4 is 16.6 Å². The molecule has 100 valence electrons. The summed E-state index contributed by atoms with van der Waals surface area (Å²) in [4.78, 5) is 4.49. The van der Waals surface area contributed by atoms with Gasteiger partial charge in [0.05, 0.1) is 16.6 Å². The smallest absolute Gasteiger partial charge is 0.137 e. The molecular weight excluding hydrogens is 246 g/mol. The molecule has 3 rings (SSSR count). The van der Waals surface area contributed by atoms with E-state index in [0.29, 0.717) is 10.9 Å². The number of nitrogens with zero attached hydrogens (tertiary/aromatic N) is 1. The van der Waals surface area contributed by atoms with Crippen molar-refractivity contribution in [2.75, 3.05) is 12.4 Å². The van der Waals surface area contributed by atoms with Gasteiger partial charge in [0.2, 0.25) is 0 Å². The maximum Gasteiger partial charge on any atom is 0.137 e. The highest BCUT2D eigenvalue weighted by Gasteiger charge is 2.19. The van der Waals surface area contributed by atoms with Crippen molar-refractivity contribution in [1.29, 1.82) is 0 Å². The molecule has 19 heavy (non-hydrogen) atoms. The van der Waals surface area contributed by atoms with Crippen LogP contribution in [0.25, 0.3) is 10.9 Å². The molecule has 1 aliphatic carbocycles. The number of halogens is 2. The van der Waals surface area contributed by atoms with E-state index in [1.54, 1.807) is 7.05 Å². The van der Waals surface area contributed by atoms with Gasteiger partial charge in [-0.25, -0.2) is 8.78 Å². The average molecular weight is 262 g/mol. The average Bonchev–Trinajstić information content (AvgIpc) is 2.60. The summed E-state index contributed by atoms with van der Waals surface area (Å²) in [5, 5.41) is 3.49. The number of benzene rings is 1. The van der Waals surface area contributed by atoms with Crippen LogP contribution in [-0.2, 0) is 12.8 Å². The van der Waals surface area contributed by atoms with Gasteiger partial charge in [0.1, 0.15) is 11.6 Å². The van der Waals surface area contributed by atoms with E-state index in [4.69, 9.17) is 0 Å². The lowest BCUT2D eigenvalue weighted by Gasteiger charge is -2.15. The number of anilines is 1. The highest BCUT2D eigenvalue weighted by atomic mass is 19.1. The maximum absolute atomic E-state index is 14.0. The molecule has 0 aliphatic heterocycles. The number of rotatable bonds is 1. The largest absolute Gasteiger partial charge is 0.387 e. The van der Waals surface area contributed by atoms with Crippen LogP contribution in [0.2, 0.25) is 0 Å². The van der Waals surface area contributed by atoms with Gasteiger partial charge in [0, 0.05) is 24.9 Å². The van der Waals surface area contributed by atoms with Gasteiger partial charge in [-0.05, 0) is 31.2 Å². The lowest BCUT2D eigenvalue weighted by molar-refractivity contribution is 0.591. The standard InChI is InChI=1S/C15H16F2N2/c1-18-15-10-5-3-2-4-6-12(10)19-13-8-9(16)7-11(17)14(13)15/h7-8H,2-6H2,1H3,(H,18,19). The van der Waals surface area contributed by atoms with E-state index < -0.39 is 11.6 Å². The number of pyridine rings is 1. The van der Waals surface area contributed by atoms with E-state index >= 15 is 0 Å². The molecule has 1 heterocycles. The number of aromatic nitrogens is 1.